The first-order valence-electron chi connectivity index (χ1n) is 6.87. The quantitative estimate of drug-likeness (QED) is 0.215. The second-order valence-corrected chi connectivity index (χ2v) is 9.65. The fourth-order valence-corrected chi connectivity index (χ4v) is 5.60. The van der Waals surface area contributed by atoms with Gasteiger partial charge < -0.3 is 9.79 Å². The second-order valence-electron chi connectivity index (χ2n) is 4.97. The minimum atomic E-state index is -4.56. The van der Waals surface area contributed by atoms with Crippen molar-refractivity contribution in [1.82, 2.24) is 0 Å². The standard InChI is InChI=1S/C12H25FO5P2.3Na/c1-2-3-4-5-6-7-8-9-10-11-19(14,15)12-20(16,17)18-13;;;/h2H,1,3-12H2,(H,14,15)(H,16,17);;;. The molecule has 2 N–H and O–H groups in total. The van der Waals surface area contributed by atoms with E-state index in [0.29, 0.717) is 6.42 Å². The van der Waals surface area contributed by atoms with E-state index in [-0.39, 0.29) is 94.8 Å². The molecule has 0 aromatic heterocycles. The predicted octanol–water partition coefficient (Wildman–Crippen LogP) is 3.47. The van der Waals surface area contributed by atoms with Crippen molar-refractivity contribution >= 4 is 104 Å². The van der Waals surface area contributed by atoms with Gasteiger partial charge in [-0.15, -0.1) is 11.3 Å². The van der Waals surface area contributed by atoms with Crippen LogP contribution in [0.15, 0.2) is 12.7 Å². The van der Waals surface area contributed by atoms with Crippen molar-refractivity contribution < 1.29 is 28.2 Å². The Morgan fingerprint density at radius 2 is 1.35 bits per heavy atom. The normalized spacial score (nSPS) is 15.1. The van der Waals surface area contributed by atoms with Crippen LogP contribution in [0.5, 0.6) is 0 Å². The number of rotatable bonds is 13. The Bertz CT molecular complexity index is 375. The Balaban J connectivity index is -0.000000602. The molecule has 0 aliphatic carbocycles. The molecular formula is C12H25FNa3O5P2. The third-order valence-corrected chi connectivity index (χ3v) is 7.35. The van der Waals surface area contributed by atoms with Crippen molar-refractivity contribution in [3.63, 3.8) is 0 Å². The average molecular weight is 399 g/mol. The fraction of sp³-hybridized carbons (Fsp3) is 0.833. The van der Waals surface area contributed by atoms with Gasteiger partial charge >= 0.3 is 7.60 Å². The zero-order valence-corrected chi connectivity index (χ0v) is 22.5. The van der Waals surface area contributed by atoms with Crippen LogP contribution < -0.4 is 0 Å². The van der Waals surface area contributed by atoms with E-state index in [0.717, 1.165) is 44.9 Å². The molecule has 123 valence electrons. The maximum absolute atomic E-state index is 11.7. The van der Waals surface area contributed by atoms with Gasteiger partial charge in [-0.3, -0.25) is 9.13 Å². The molecule has 2 atom stereocenters. The summed E-state index contributed by atoms with van der Waals surface area (Å²) >= 11 is 0. The van der Waals surface area contributed by atoms with Crippen LogP contribution in [0.4, 0.5) is 4.53 Å². The van der Waals surface area contributed by atoms with Gasteiger partial charge in [-0.05, 0) is 23.8 Å². The van der Waals surface area contributed by atoms with Crippen LogP contribution in [0.2, 0.25) is 0 Å². The van der Waals surface area contributed by atoms with Gasteiger partial charge in [0.1, 0.15) is 5.90 Å². The Morgan fingerprint density at radius 1 is 0.913 bits per heavy atom. The molecule has 0 rings (SSSR count). The van der Waals surface area contributed by atoms with Crippen molar-refractivity contribution in [3.05, 3.63) is 12.7 Å². The molecule has 0 heterocycles. The number of halogens is 1. The van der Waals surface area contributed by atoms with E-state index >= 15 is 0 Å². The SMILES string of the molecule is C=CCCCCCCCCCP(=O)(O)CP(=O)(O)OF.[Na].[Na].[Na]. The van der Waals surface area contributed by atoms with Gasteiger partial charge in [-0.1, -0.05) is 38.2 Å². The van der Waals surface area contributed by atoms with Crippen molar-refractivity contribution in [2.75, 3.05) is 12.1 Å². The molecule has 0 aliphatic rings. The van der Waals surface area contributed by atoms with Crippen LogP contribution in [0.25, 0.3) is 0 Å². The van der Waals surface area contributed by atoms with Crippen LogP contribution in [0.1, 0.15) is 51.4 Å². The van der Waals surface area contributed by atoms with Gasteiger partial charge in [-0.25, -0.2) is 0 Å². The summed E-state index contributed by atoms with van der Waals surface area (Å²) in [7, 11) is -8.35. The molecule has 3 radical (unpaired) electrons. The van der Waals surface area contributed by atoms with Crippen molar-refractivity contribution in [2.45, 2.75) is 51.4 Å². The molecule has 23 heavy (non-hydrogen) atoms. The van der Waals surface area contributed by atoms with E-state index in [2.05, 4.69) is 11.3 Å². The fourth-order valence-electron chi connectivity index (χ4n) is 1.90. The predicted molar refractivity (Wildman–Crippen MR) is 96.0 cm³/mol. The third kappa shape index (κ3) is 23.0. The monoisotopic (exact) mass is 399 g/mol. The molecule has 2 unspecified atom stereocenters. The minimum absolute atomic E-state index is 0. The van der Waals surface area contributed by atoms with Crippen LogP contribution in [0, 0.1) is 0 Å². The van der Waals surface area contributed by atoms with Gasteiger partial charge in [-0.2, -0.15) is 0 Å². The zero-order valence-electron chi connectivity index (χ0n) is 14.7. The number of hydrogen-bond acceptors (Lipinski definition) is 3. The Labute approximate surface area is 205 Å². The summed E-state index contributed by atoms with van der Waals surface area (Å²) in [5.74, 6) is -1.02. The summed E-state index contributed by atoms with van der Waals surface area (Å²) in [6.07, 6.45) is 9.61. The van der Waals surface area contributed by atoms with Crippen LogP contribution in [-0.2, 0) is 13.9 Å². The first-order valence-corrected chi connectivity index (χ1v) is 10.7. The molecule has 0 saturated carbocycles. The Hall–Kier alpha value is 3.01. The summed E-state index contributed by atoms with van der Waals surface area (Å²) in [4.78, 5) is 18.3. The number of allylic oxidation sites excluding steroid dienone is 1. The molecule has 0 bridgehead atoms. The topological polar surface area (TPSA) is 83.8 Å². The minimum Gasteiger partial charge on any atom is -0.344 e. The van der Waals surface area contributed by atoms with Crippen molar-refractivity contribution in [1.29, 1.82) is 0 Å². The molecule has 0 amide bonds. The summed E-state index contributed by atoms with van der Waals surface area (Å²) in [6, 6.07) is 0. The summed E-state index contributed by atoms with van der Waals surface area (Å²) in [6.45, 7) is 3.65. The smallest absolute Gasteiger partial charge is 0.344 e. The van der Waals surface area contributed by atoms with Crippen molar-refractivity contribution in [2.24, 2.45) is 0 Å². The van der Waals surface area contributed by atoms with Gasteiger partial charge in [0.25, 0.3) is 0 Å². The van der Waals surface area contributed by atoms with E-state index in [1.54, 1.807) is 0 Å². The summed E-state index contributed by atoms with van der Waals surface area (Å²) in [5, 5.41) is 0. The molecular weight excluding hydrogens is 374 g/mol. The van der Waals surface area contributed by atoms with Crippen LogP contribution in [-0.4, -0.2) is 111 Å². The van der Waals surface area contributed by atoms with Crippen LogP contribution in [0.3, 0.4) is 0 Å². The Kier molecular flexibility index (Phi) is 28.9. The number of hydrogen-bond donors (Lipinski definition) is 2. The van der Waals surface area contributed by atoms with E-state index in [1.165, 1.54) is 0 Å². The van der Waals surface area contributed by atoms with E-state index in [4.69, 9.17) is 4.89 Å². The molecule has 0 saturated heterocycles. The first kappa shape index (κ1) is 33.6. The van der Waals surface area contributed by atoms with Gasteiger partial charge in [0.15, 0.2) is 0 Å². The summed E-state index contributed by atoms with van der Waals surface area (Å²) < 4.78 is 36.9. The van der Waals surface area contributed by atoms with Gasteiger partial charge in [0, 0.05) is 94.8 Å². The average Bonchev–Trinajstić information content (AvgIpc) is 2.35. The van der Waals surface area contributed by atoms with Crippen LogP contribution >= 0.6 is 15.0 Å². The molecule has 0 aromatic carbocycles. The van der Waals surface area contributed by atoms with E-state index in [9.17, 15) is 18.5 Å². The molecule has 0 fully saturated rings. The second kappa shape index (κ2) is 19.8. The molecule has 11 heteroatoms. The largest absolute Gasteiger partial charge is 0.370 e. The molecule has 0 spiro atoms. The maximum atomic E-state index is 11.7. The zero-order chi connectivity index (χ0) is 15.5. The van der Waals surface area contributed by atoms with Gasteiger partial charge in [0.05, 0.1) is 0 Å². The van der Waals surface area contributed by atoms with E-state index < -0.39 is 20.9 Å². The molecule has 0 aliphatic heterocycles. The first-order chi connectivity index (χ1) is 9.33. The number of unbranched alkanes of at least 4 members (excludes halogenated alkanes) is 7. The molecule has 5 nitrogen and oxygen atoms in total. The summed E-state index contributed by atoms with van der Waals surface area (Å²) in [5.41, 5.74) is 0. The Morgan fingerprint density at radius 3 is 1.78 bits per heavy atom. The third-order valence-electron chi connectivity index (χ3n) is 2.92. The molecule has 0 aromatic rings. The van der Waals surface area contributed by atoms with E-state index in [1.807, 2.05) is 6.08 Å². The van der Waals surface area contributed by atoms with Gasteiger partial charge in [0.2, 0.25) is 7.37 Å². The van der Waals surface area contributed by atoms with Crippen molar-refractivity contribution in [3.8, 4) is 0 Å². The maximum Gasteiger partial charge on any atom is 0.370 e.